The van der Waals surface area contributed by atoms with Crippen LogP contribution in [0.15, 0.2) is 53.6 Å². The van der Waals surface area contributed by atoms with E-state index in [1.54, 1.807) is 24.4 Å². The molecule has 1 atom stereocenters. The van der Waals surface area contributed by atoms with Crippen LogP contribution in [0.25, 0.3) is 10.8 Å². The van der Waals surface area contributed by atoms with Gasteiger partial charge in [-0.05, 0) is 54.2 Å². The van der Waals surface area contributed by atoms with E-state index >= 15 is 0 Å². The van der Waals surface area contributed by atoms with Crippen molar-refractivity contribution in [2.45, 2.75) is 22.5 Å². The van der Waals surface area contributed by atoms with Gasteiger partial charge in [0.15, 0.2) is 5.88 Å². The molecule has 7 nitrogen and oxygen atoms in total. The van der Waals surface area contributed by atoms with Crippen LogP contribution in [0.5, 0.6) is 11.6 Å². The van der Waals surface area contributed by atoms with E-state index in [4.69, 9.17) is 4.74 Å². The van der Waals surface area contributed by atoms with E-state index in [1.807, 2.05) is 0 Å². The van der Waals surface area contributed by atoms with Crippen LogP contribution < -0.4 is 15.4 Å². The highest BCUT2D eigenvalue weighted by atomic mass is 32.2. The Bertz CT molecular complexity index is 1310. The number of alkyl halides is 3. The summed E-state index contributed by atoms with van der Waals surface area (Å²) in [4.78, 5) is 24.5. The van der Waals surface area contributed by atoms with Crippen LogP contribution in [-0.2, 0) is 11.3 Å². The highest BCUT2D eigenvalue weighted by Crippen LogP contribution is 2.36. The Morgan fingerprint density at radius 1 is 1.18 bits per heavy atom. The van der Waals surface area contributed by atoms with E-state index in [1.165, 1.54) is 35.9 Å². The van der Waals surface area contributed by atoms with Crippen molar-refractivity contribution in [1.82, 2.24) is 15.2 Å². The molecule has 0 saturated carbocycles. The SMILES string of the molecule is COc1ccc2cn(C[C@]3(C#Cc4ccc(SC(F)(F)F)cc4)NC(=O)NC3=O)c(O)c2c1. The summed E-state index contributed by atoms with van der Waals surface area (Å²) in [6.07, 6.45) is 1.61. The number of imide groups is 1. The lowest BCUT2D eigenvalue weighted by atomic mass is 10.00. The smallest absolute Gasteiger partial charge is 0.446 e. The van der Waals surface area contributed by atoms with Gasteiger partial charge in [0.2, 0.25) is 5.54 Å². The Kier molecular flexibility index (Phi) is 5.63. The number of thioether (sulfide) groups is 1. The number of carbonyl (C=O) groups is 2. The van der Waals surface area contributed by atoms with Crippen molar-refractivity contribution in [3.05, 3.63) is 54.2 Å². The van der Waals surface area contributed by atoms with Crippen molar-refractivity contribution >= 4 is 34.5 Å². The van der Waals surface area contributed by atoms with E-state index in [9.17, 15) is 27.9 Å². The predicted octanol–water partition coefficient (Wildman–Crippen LogP) is 3.60. The number of benzene rings is 2. The molecule has 2 heterocycles. The third-order valence-corrected chi connectivity index (χ3v) is 5.66. The van der Waals surface area contributed by atoms with Gasteiger partial charge in [0.25, 0.3) is 5.91 Å². The van der Waals surface area contributed by atoms with Gasteiger partial charge in [0.1, 0.15) is 5.75 Å². The first kappa shape index (κ1) is 22.4. The molecule has 1 fully saturated rings. The number of aromatic nitrogens is 1. The van der Waals surface area contributed by atoms with E-state index < -0.39 is 23.0 Å². The quantitative estimate of drug-likeness (QED) is 0.305. The maximum absolute atomic E-state index is 12.6. The Morgan fingerprint density at radius 3 is 2.52 bits per heavy atom. The molecule has 1 aliphatic heterocycles. The normalized spacial score (nSPS) is 17.9. The van der Waals surface area contributed by atoms with Crippen LogP contribution in [-0.4, -0.2) is 39.8 Å². The number of halogens is 3. The number of ether oxygens (including phenoxy) is 1. The zero-order chi connectivity index (χ0) is 23.8. The third kappa shape index (κ3) is 4.70. The summed E-state index contributed by atoms with van der Waals surface area (Å²) in [5, 5.41) is 16.5. The second kappa shape index (κ2) is 8.29. The van der Waals surface area contributed by atoms with Gasteiger partial charge < -0.3 is 19.7 Å². The van der Waals surface area contributed by atoms with E-state index in [0.717, 1.165) is 0 Å². The van der Waals surface area contributed by atoms with Crippen molar-refractivity contribution in [1.29, 1.82) is 0 Å². The largest absolute Gasteiger partial charge is 0.497 e. The molecule has 3 amide bonds. The minimum atomic E-state index is -4.41. The number of urea groups is 1. The van der Waals surface area contributed by atoms with Gasteiger partial charge >= 0.3 is 11.5 Å². The molecule has 0 unspecified atom stereocenters. The van der Waals surface area contributed by atoms with E-state index in [0.29, 0.717) is 22.1 Å². The number of fused-ring (bicyclic) bond motifs is 1. The number of rotatable bonds is 4. The summed E-state index contributed by atoms with van der Waals surface area (Å²) in [6.45, 7) is -0.206. The number of aromatic hydroxyl groups is 1. The number of hydrogen-bond acceptors (Lipinski definition) is 5. The van der Waals surface area contributed by atoms with Crippen LogP contribution in [0.3, 0.4) is 0 Å². The monoisotopic (exact) mass is 475 g/mol. The minimum absolute atomic E-state index is 0.00550. The maximum Gasteiger partial charge on any atom is 0.446 e. The maximum atomic E-state index is 12.6. The van der Waals surface area contributed by atoms with Gasteiger partial charge in [0.05, 0.1) is 13.7 Å². The van der Waals surface area contributed by atoms with Crippen LogP contribution in [0.4, 0.5) is 18.0 Å². The molecular weight excluding hydrogens is 459 g/mol. The summed E-state index contributed by atoms with van der Waals surface area (Å²) in [6, 6.07) is 9.63. The Balaban J connectivity index is 1.67. The molecule has 170 valence electrons. The fourth-order valence-electron chi connectivity index (χ4n) is 3.38. The lowest BCUT2D eigenvalue weighted by molar-refractivity contribution is -0.122. The molecule has 1 saturated heterocycles. The molecule has 4 rings (SSSR count). The van der Waals surface area contributed by atoms with Gasteiger partial charge in [-0.15, -0.1) is 0 Å². The van der Waals surface area contributed by atoms with Crippen LogP contribution in [0.2, 0.25) is 0 Å². The fourth-order valence-corrected chi connectivity index (χ4v) is 3.92. The molecule has 0 radical (unpaired) electrons. The van der Waals surface area contributed by atoms with Crippen LogP contribution in [0, 0.1) is 11.8 Å². The van der Waals surface area contributed by atoms with Crippen molar-refractivity contribution < 1.29 is 32.6 Å². The zero-order valence-electron chi connectivity index (χ0n) is 17.0. The molecule has 1 aromatic heterocycles. The average molecular weight is 475 g/mol. The van der Waals surface area contributed by atoms with E-state index in [-0.39, 0.29) is 29.1 Å². The number of methoxy groups -OCH3 is 1. The molecule has 33 heavy (non-hydrogen) atoms. The number of nitrogens with zero attached hydrogens (tertiary/aromatic N) is 1. The van der Waals surface area contributed by atoms with Gasteiger partial charge in [-0.2, -0.15) is 13.2 Å². The first-order valence-corrected chi connectivity index (χ1v) is 10.3. The lowest BCUT2D eigenvalue weighted by Gasteiger charge is -2.20. The van der Waals surface area contributed by atoms with Crippen molar-refractivity contribution in [3.63, 3.8) is 0 Å². The molecule has 1 aliphatic rings. The number of nitrogens with one attached hydrogen (secondary N) is 2. The number of carbonyl (C=O) groups excluding carboxylic acids is 2. The lowest BCUT2D eigenvalue weighted by Crippen LogP contribution is -2.49. The predicted molar refractivity (Wildman–Crippen MR) is 115 cm³/mol. The zero-order valence-corrected chi connectivity index (χ0v) is 17.8. The summed E-state index contributed by atoms with van der Waals surface area (Å²) in [5.74, 6) is 5.13. The molecule has 11 heteroatoms. The van der Waals surface area contributed by atoms with E-state index in [2.05, 4.69) is 22.5 Å². The van der Waals surface area contributed by atoms with Crippen LogP contribution >= 0.6 is 11.8 Å². The van der Waals surface area contributed by atoms with Crippen molar-refractivity contribution in [2.24, 2.45) is 0 Å². The van der Waals surface area contributed by atoms with Crippen LogP contribution in [0.1, 0.15) is 5.56 Å². The summed E-state index contributed by atoms with van der Waals surface area (Å²) < 4.78 is 44.1. The molecule has 3 N–H and O–H groups in total. The molecular formula is C22H16F3N3O4S. The summed E-state index contributed by atoms with van der Waals surface area (Å²) in [5.41, 5.74) is -5.76. The second-order valence-corrected chi connectivity index (χ2v) is 8.31. The molecule has 3 aromatic rings. The molecule has 0 aliphatic carbocycles. The topological polar surface area (TPSA) is 92.6 Å². The summed E-state index contributed by atoms with van der Waals surface area (Å²) >= 11 is -0.249. The first-order valence-electron chi connectivity index (χ1n) is 9.47. The first-order chi connectivity index (χ1) is 15.6. The van der Waals surface area contributed by atoms with Gasteiger partial charge in [0, 0.05) is 27.4 Å². The highest BCUT2D eigenvalue weighted by molar-refractivity contribution is 8.00. The average Bonchev–Trinajstić information content (AvgIpc) is 3.21. The van der Waals surface area contributed by atoms with Gasteiger partial charge in [-0.1, -0.05) is 11.8 Å². The molecule has 0 bridgehead atoms. The highest BCUT2D eigenvalue weighted by Gasteiger charge is 2.46. The fraction of sp³-hybridized carbons (Fsp3) is 0.182. The molecule has 2 aromatic carbocycles. The number of amides is 3. The Hall–Kier alpha value is -3.78. The standard InChI is InChI=1S/C22H16F3N3O4S/c1-32-15-5-4-14-11-28(18(29)17(14)10-15)12-21(19(30)26-20(31)27-21)9-8-13-2-6-16(7-3-13)33-22(23,24)25/h2-7,10-11,29H,12H2,1H3,(H2,26,27,30,31)/t21-/m0/s1. The van der Waals surface area contributed by atoms with Gasteiger partial charge in [-0.3, -0.25) is 10.1 Å². The van der Waals surface area contributed by atoms with Crippen molar-refractivity contribution in [2.75, 3.05) is 7.11 Å². The second-order valence-electron chi connectivity index (χ2n) is 7.17. The Labute approximate surface area is 189 Å². The Morgan fingerprint density at radius 2 is 1.91 bits per heavy atom. The van der Waals surface area contributed by atoms with Gasteiger partial charge in [-0.25, -0.2) is 4.79 Å². The third-order valence-electron chi connectivity index (χ3n) is 4.93. The molecule has 0 spiro atoms. The van der Waals surface area contributed by atoms with Crippen molar-refractivity contribution in [3.8, 4) is 23.5 Å². The number of hydrogen-bond donors (Lipinski definition) is 3. The summed E-state index contributed by atoms with van der Waals surface area (Å²) in [7, 11) is 1.49. The minimum Gasteiger partial charge on any atom is -0.497 e.